The van der Waals surface area contributed by atoms with Crippen molar-refractivity contribution >= 4 is 16.7 Å². The number of fused-ring (bicyclic) bond motifs is 4. The Hall–Kier alpha value is -4.63. The van der Waals surface area contributed by atoms with Gasteiger partial charge in [-0.3, -0.25) is 9.78 Å². The molecule has 0 unspecified atom stereocenters. The number of unbranched alkanes of at least 4 members (excludes halogenated alkanes) is 10. The minimum atomic E-state index is -0.125. The zero-order valence-electron chi connectivity index (χ0n) is 35.7. The Morgan fingerprint density at radius 3 is 1.78 bits per heavy atom. The van der Waals surface area contributed by atoms with Gasteiger partial charge in [0.2, 0.25) is 0 Å². The first-order chi connectivity index (χ1) is 28.3. The third-order valence-corrected chi connectivity index (χ3v) is 11.8. The Kier molecular flexibility index (Phi) is 17.5. The Morgan fingerprint density at radius 2 is 1.19 bits per heavy atom. The topological polar surface area (TPSA) is 50.2 Å². The third-order valence-electron chi connectivity index (χ3n) is 11.8. The SMILES string of the molecule is CC(=O)/C=C(/C)O.CCCCCCCCC1(CCCCCCCC)c2ccccc2-c2c[c-]c(-c3cc(-c4ccccc4)c4cc(-c5ccccc5)ccc4n3)cc21.[Ir]. The fourth-order valence-electron chi connectivity index (χ4n) is 8.94. The molecule has 309 valence electrons. The molecule has 1 radical (unpaired) electrons. The molecule has 0 bridgehead atoms. The number of carbonyl (C=O) groups excluding carboxylic acids is 1. The molecule has 0 spiro atoms. The number of aliphatic hydroxyl groups is 1. The summed E-state index contributed by atoms with van der Waals surface area (Å²) < 4.78 is 0. The molecule has 1 heterocycles. The van der Waals surface area contributed by atoms with Crippen molar-refractivity contribution in [3.63, 3.8) is 0 Å². The molecule has 3 nitrogen and oxygen atoms in total. The van der Waals surface area contributed by atoms with E-state index >= 15 is 0 Å². The summed E-state index contributed by atoms with van der Waals surface area (Å²) in [6.07, 6.45) is 19.5. The molecule has 59 heavy (non-hydrogen) atoms. The maximum Gasteiger partial charge on any atom is 0.155 e. The number of allylic oxidation sites excluding steroid dienone is 2. The summed E-state index contributed by atoms with van der Waals surface area (Å²) in [7, 11) is 0. The number of aliphatic hydroxyl groups excluding tert-OH is 1. The minimum Gasteiger partial charge on any atom is -0.512 e. The number of nitrogens with zero attached hydrogens (tertiary/aromatic N) is 1. The van der Waals surface area contributed by atoms with Crippen LogP contribution in [0.1, 0.15) is 129 Å². The van der Waals surface area contributed by atoms with Crippen molar-refractivity contribution in [3.05, 3.63) is 150 Å². The maximum atomic E-state index is 10.0. The second-order valence-corrected chi connectivity index (χ2v) is 16.3. The second kappa shape index (κ2) is 22.7. The van der Waals surface area contributed by atoms with E-state index < -0.39 is 0 Å². The molecule has 1 aromatic heterocycles. The summed E-state index contributed by atoms with van der Waals surface area (Å²) in [5, 5.41) is 9.54. The molecule has 0 saturated heterocycles. The zero-order valence-corrected chi connectivity index (χ0v) is 38.1. The van der Waals surface area contributed by atoms with E-state index in [4.69, 9.17) is 10.1 Å². The van der Waals surface area contributed by atoms with Gasteiger partial charge >= 0.3 is 0 Å². The average molecular weight is 961 g/mol. The van der Waals surface area contributed by atoms with E-state index in [0.717, 1.165) is 16.8 Å². The molecule has 4 heteroatoms. The Morgan fingerprint density at radius 1 is 0.610 bits per heavy atom. The third kappa shape index (κ3) is 11.6. The van der Waals surface area contributed by atoms with Crippen LogP contribution in [0.2, 0.25) is 0 Å². The van der Waals surface area contributed by atoms with E-state index in [1.165, 1.54) is 160 Å². The van der Waals surface area contributed by atoms with E-state index in [-0.39, 0.29) is 37.1 Å². The van der Waals surface area contributed by atoms with Crippen molar-refractivity contribution in [2.75, 3.05) is 0 Å². The summed E-state index contributed by atoms with van der Waals surface area (Å²) in [5.41, 5.74) is 13.9. The normalized spacial score (nSPS) is 12.6. The Bertz CT molecular complexity index is 2260. The van der Waals surface area contributed by atoms with Gasteiger partial charge in [-0.2, -0.15) is 0 Å². The first-order valence-electron chi connectivity index (χ1n) is 21.9. The van der Waals surface area contributed by atoms with Gasteiger partial charge in [0.05, 0.1) is 11.3 Å². The average Bonchev–Trinajstić information content (AvgIpc) is 3.51. The van der Waals surface area contributed by atoms with Crippen LogP contribution >= 0.6 is 0 Å². The van der Waals surface area contributed by atoms with Crippen LogP contribution in [0.15, 0.2) is 133 Å². The standard InChI is InChI=1S/C50H54N.C5H8O2.Ir/c1-3-5-7-9-11-21-33-50(34-22-12-10-8-6-4-2)46-28-20-19-27-42(46)43-31-29-41(36-47(43)50)49-37-44(39-25-17-14-18-26-39)45-35-40(30-32-48(45)51-49)38-23-15-13-16-24-38;1-4(6)3-5(2)7;/h13-20,23-28,30-32,35-37H,3-12,21-22,33-34H2,1-2H3;3,6H,1-2H3;/q-1;;/b;4-3-;. The molecule has 0 fully saturated rings. The van der Waals surface area contributed by atoms with Crippen molar-refractivity contribution in [2.45, 2.75) is 123 Å². The second-order valence-electron chi connectivity index (χ2n) is 16.3. The molecule has 1 aliphatic rings. The Balaban J connectivity index is 0.000000760. The smallest absolute Gasteiger partial charge is 0.155 e. The van der Waals surface area contributed by atoms with E-state index in [9.17, 15) is 4.79 Å². The molecule has 0 atom stereocenters. The van der Waals surface area contributed by atoms with Gasteiger partial charge in [-0.25, -0.2) is 0 Å². The van der Waals surface area contributed by atoms with E-state index in [1.54, 1.807) is 0 Å². The molecule has 1 aliphatic carbocycles. The van der Waals surface area contributed by atoms with Crippen molar-refractivity contribution in [1.82, 2.24) is 4.98 Å². The van der Waals surface area contributed by atoms with Gasteiger partial charge in [0.1, 0.15) is 0 Å². The van der Waals surface area contributed by atoms with Crippen molar-refractivity contribution in [3.8, 4) is 44.6 Å². The number of rotatable bonds is 18. The fraction of sp³-hybridized carbons (Fsp3) is 0.345. The van der Waals surface area contributed by atoms with Crippen LogP contribution in [-0.2, 0) is 30.3 Å². The van der Waals surface area contributed by atoms with E-state index in [2.05, 4.69) is 141 Å². The summed E-state index contributed by atoms with van der Waals surface area (Å²) in [4.78, 5) is 15.4. The number of benzene rings is 5. The predicted octanol–water partition coefficient (Wildman–Crippen LogP) is 15.8. The van der Waals surface area contributed by atoms with Crippen LogP contribution in [-0.4, -0.2) is 15.9 Å². The Labute approximate surface area is 367 Å². The first kappa shape index (κ1) is 45.5. The number of hydrogen-bond acceptors (Lipinski definition) is 3. The maximum absolute atomic E-state index is 10.0. The molecule has 7 rings (SSSR count). The van der Waals surface area contributed by atoms with Crippen LogP contribution in [0, 0.1) is 6.07 Å². The largest absolute Gasteiger partial charge is 0.512 e. The van der Waals surface area contributed by atoms with Gasteiger partial charge in [0.25, 0.3) is 0 Å². The fourth-order valence-corrected chi connectivity index (χ4v) is 8.94. The summed E-state index contributed by atoms with van der Waals surface area (Å²) in [6.45, 7) is 7.47. The molecular formula is C55H62IrNO2-. The van der Waals surface area contributed by atoms with E-state index in [1.807, 2.05) is 0 Å². The van der Waals surface area contributed by atoms with Gasteiger partial charge in [-0.05, 0) is 72.3 Å². The predicted molar refractivity (Wildman–Crippen MR) is 246 cm³/mol. The molecule has 0 amide bonds. The molecular weight excluding hydrogens is 899 g/mol. The molecule has 6 aromatic rings. The first-order valence-corrected chi connectivity index (χ1v) is 21.9. The number of hydrogen-bond donors (Lipinski definition) is 1. The number of ketones is 1. The number of aromatic nitrogens is 1. The van der Waals surface area contributed by atoms with Crippen molar-refractivity contribution < 1.29 is 30.0 Å². The van der Waals surface area contributed by atoms with Gasteiger partial charge in [0.15, 0.2) is 5.78 Å². The number of pyridine rings is 1. The molecule has 1 N–H and O–H groups in total. The van der Waals surface area contributed by atoms with Crippen LogP contribution in [0.5, 0.6) is 0 Å². The summed E-state index contributed by atoms with van der Waals surface area (Å²) >= 11 is 0. The van der Waals surface area contributed by atoms with E-state index in [0.29, 0.717) is 0 Å². The van der Waals surface area contributed by atoms with Gasteiger partial charge in [-0.1, -0.05) is 199 Å². The van der Waals surface area contributed by atoms with Gasteiger partial charge in [-0.15, -0.1) is 29.3 Å². The molecule has 0 aliphatic heterocycles. The summed E-state index contributed by atoms with van der Waals surface area (Å²) in [5.74, 6) is -0.0625. The van der Waals surface area contributed by atoms with Gasteiger partial charge in [0, 0.05) is 37.0 Å². The van der Waals surface area contributed by atoms with Crippen LogP contribution < -0.4 is 0 Å². The van der Waals surface area contributed by atoms with Crippen molar-refractivity contribution in [1.29, 1.82) is 0 Å². The molecule has 0 saturated carbocycles. The van der Waals surface area contributed by atoms with Crippen molar-refractivity contribution in [2.24, 2.45) is 0 Å². The zero-order chi connectivity index (χ0) is 40.7. The van der Waals surface area contributed by atoms with Gasteiger partial charge < -0.3 is 5.11 Å². The molecule has 5 aromatic carbocycles. The summed E-state index contributed by atoms with van der Waals surface area (Å²) in [6, 6.07) is 48.4. The monoisotopic (exact) mass is 961 g/mol. The van der Waals surface area contributed by atoms with Crippen LogP contribution in [0.4, 0.5) is 0 Å². The number of carbonyl (C=O) groups is 1. The van der Waals surface area contributed by atoms with Crippen LogP contribution in [0.3, 0.4) is 0 Å². The quantitative estimate of drug-likeness (QED) is 0.0404. The minimum absolute atomic E-state index is 0. The van der Waals surface area contributed by atoms with Crippen LogP contribution in [0.25, 0.3) is 55.5 Å².